The van der Waals surface area contributed by atoms with E-state index in [1.165, 1.54) is 5.06 Å². The predicted molar refractivity (Wildman–Crippen MR) is 83.0 cm³/mol. The average Bonchev–Trinajstić information content (AvgIpc) is 3.08. The van der Waals surface area contributed by atoms with Crippen molar-refractivity contribution in [1.29, 1.82) is 0 Å². The summed E-state index contributed by atoms with van der Waals surface area (Å²) in [4.78, 5) is 31.1. The Morgan fingerprint density at radius 1 is 1.33 bits per heavy atom. The van der Waals surface area contributed by atoms with Crippen molar-refractivity contribution in [3.8, 4) is 0 Å². The normalized spacial score (nSPS) is 18.8. The van der Waals surface area contributed by atoms with Crippen LogP contribution in [0.1, 0.15) is 22.9 Å². The van der Waals surface area contributed by atoms with Gasteiger partial charge in [0.05, 0.1) is 25.0 Å². The van der Waals surface area contributed by atoms with Gasteiger partial charge in [-0.05, 0) is 5.56 Å². The number of urea groups is 1. The fraction of sp³-hybridized carbons (Fsp3) is 0.312. The van der Waals surface area contributed by atoms with E-state index in [9.17, 15) is 9.59 Å². The van der Waals surface area contributed by atoms with Crippen LogP contribution in [0.2, 0.25) is 0 Å². The Kier molecular flexibility index (Phi) is 3.46. The highest BCUT2D eigenvalue weighted by atomic mass is 16.7. The third kappa shape index (κ3) is 2.41. The molecule has 1 saturated heterocycles. The van der Waals surface area contributed by atoms with E-state index in [2.05, 4.69) is 5.10 Å². The van der Waals surface area contributed by atoms with Gasteiger partial charge in [0.1, 0.15) is 19.2 Å². The summed E-state index contributed by atoms with van der Waals surface area (Å²) < 4.78 is 1.56. The van der Waals surface area contributed by atoms with Crippen molar-refractivity contribution in [2.75, 3.05) is 6.54 Å². The van der Waals surface area contributed by atoms with Gasteiger partial charge in [0.2, 0.25) is 5.91 Å². The van der Waals surface area contributed by atoms with E-state index in [0.717, 1.165) is 16.8 Å². The summed E-state index contributed by atoms with van der Waals surface area (Å²) >= 11 is 0. The van der Waals surface area contributed by atoms with Crippen molar-refractivity contribution in [3.05, 3.63) is 53.3 Å². The first kappa shape index (κ1) is 14.7. The number of hydrogen-bond acceptors (Lipinski definition) is 4. The molecule has 1 fully saturated rings. The maximum Gasteiger partial charge on any atom is 0.345 e. The first-order valence-electron chi connectivity index (χ1n) is 7.71. The van der Waals surface area contributed by atoms with Crippen LogP contribution < -0.4 is 5.73 Å². The molecule has 8 nitrogen and oxygen atoms in total. The Morgan fingerprint density at radius 3 is 2.88 bits per heavy atom. The minimum absolute atomic E-state index is 0.00889. The molecule has 24 heavy (non-hydrogen) atoms. The van der Waals surface area contributed by atoms with Gasteiger partial charge in [-0.15, -0.1) is 0 Å². The van der Waals surface area contributed by atoms with E-state index in [1.54, 1.807) is 15.8 Å². The molecule has 0 radical (unpaired) electrons. The zero-order valence-corrected chi connectivity index (χ0v) is 13.0. The highest BCUT2D eigenvalue weighted by molar-refractivity contribution is 5.77. The van der Waals surface area contributed by atoms with Gasteiger partial charge in [0, 0.05) is 5.56 Å². The van der Waals surface area contributed by atoms with Crippen LogP contribution in [0.5, 0.6) is 0 Å². The third-order valence-electron chi connectivity index (χ3n) is 4.33. The zero-order chi connectivity index (χ0) is 16.7. The molecule has 0 spiro atoms. The minimum Gasteiger partial charge on any atom is -0.368 e. The molecule has 2 aliphatic rings. The molecule has 2 bridgehead atoms. The number of fused-ring (bicyclic) bond motifs is 4. The number of benzene rings is 1. The molecule has 2 N–H and O–H groups in total. The lowest BCUT2D eigenvalue weighted by molar-refractivity contribution is -0.141. The van der Waals surface area contributed by atoms with Crippen LogP contribution in [0.3, 0.4) is 0 Å². The number of hydroxylamine groups is 2. The zero-order valence-electron chi connectivity index (χ0n) is 13.0. The number of nitrogens with zero attached hydrogens (tertiary/aromatic N) is 4. The molecule has 124 valence electrons. The van der Waals surface area contributed by atoms with Crippen molar-refractivity contribution in [1.82, 2.24) is 19.7 Å². The molecule has 4 rings (SSSR count). The lowest BCUT2D eigenvalue weighted by Gasteiger charge is -2.23. The summed E-state index contributed by atoms with van der Waals surface area (Å²) in [5, 5.41) is 5.64. The number of carbonyl (C=O) groups is 2. The molecule has 2 aliphatic heterocycles. The number of carbonyl (C=O) groups excluding carboxylic acids is 2. The monoisotopic (exact) mass is 327 g/mol. The fourth-order valence-electron chi connectivity index (χ4n) is 3.20. The van der Waals surface area contributed by atoms with Crippen LogP contribution in [-0.2, 0) is 29.3 Å². The third-order valence-corrected chi connectivity index (χ3v) is 4.33. The highest BCUT2D eigenvalue weighted by Crippen LogP contribution is 2.38. The molecule has 0 aliphatic carbocycles. The number of amides is 3. The van der Waals surface area contributed by atoms with Gasteiger partial charge >= 0.3 is 6.03 Å². The molecule has 0 saturated carbocycles. The summed E-state index contributed by atoms with van der Waals surface area (Å²) in [5.41, 5.74) is 7.99. The van der Waals surface area contributed by atoms with E-state index in [-0.39, 0.29) is 18.6 Å². The minimum atomic E-state index is -0.461. The molecular weight excluding hydrogens is 310 g/mol. The topological polar surface area (TPSA) is 93.7 Å². The summed E-state index contributed by atoms with van der Waals surface area (Å²) in [5.74, 6) is -0.461. The highest BCUT2D eigenvalue weighted by Gasteiger charge is 2.45. The molecular formula is C16H17N5O3. The molecule has 3 amide bonds. The Morgan fingerprint density at radius 2 is 2.12 bits per heavy atom. The number of aromatic nitrogens is 2. The van der Waals surface area contributed by atoms with Crippen molar-refractivity contribution in [2.24, 2.45) is 5.73 Å². The maximum atomic E-state index is 12.5. The van der Waals surface area contributed by atoms with E-state index in [4.69, 9.17) is 10.6 Å². The number of hydrogen-bond donors (Lipinski definition) is 1. The van der Waals surface area contributed by atoms with Gasteiger partial charge in [-0.1, -0.05) is 30.3 Å². The number of nitrogens with two attached hydrogens (primary N) is 1. The second kappa shape index (κ2) is 5.64. The Bertz CT molecular complexity index is 788. The van der Waals surface area contributed by atoms with Gasteiger partial charge in [-0.3, -0.25) is 14.3 Å². The summed E-state index contributed by atoms with van der Waals surface area (Å²) in [6, 6.07) is 9.30. The summed E-state index contributed by atoms with van der Waals surface area (Å²) in [7, 11) is 0. The van der Waals surface area contributed by atoms with Crippen LogP contribution in [0.25, 0.3) is 0 Å². The first-order valence-corrected chi connectivity index (χ1v) is 7.71. The Labute approximate surface area is 138 Å². The van der Waals surface area contributed by atoms with Crippen molar-refractivity contribution < 1.29 is 14.4 Å². The summed E-state index contributed by atoms with van der Waals surface area (Å²) in [6.45, 7) is 1.29. The van der Waals surface area contributed by atoms with E-state index in [1.807, 2.05) is 30.3 Å². The molecule has 8 heteroatoms. The van der Waals surface area contributed by atoms with Crippen molar-refractivity contribution in [2.45, 2.75) is 25.7 Å². The van der Waals surface area contributed by atoms with Gasteiger partial charge in [-0.25, -0.2) is 4.79 Å². The average molecular weight is 327 g/mol. The number of rotatable bonds is 5. The van der Waals surface area contributed by atoms with Gasteiger partial charge in [-0.2, -0.15) is 10.2 Å². The smallest absolute Gasteiger partial charge is 0.345 e. The van der Waals surface area contributed by atoms with Crippen LogP contribution in [0, 0.1) is 0 Å². The fourth-order valence-corrected chi connectivity index (χ4v) is 3.20. The molecule has 1 atom stereocenters. The lowest BCUT2D eigenvalue weighted by atomic mass is 10.1. The molecule has 1 unspecified atom stereocenters. The maximum absolute atomic E-state index is 12.5. The predicted octanol–water partition coefficient (Wildman–Crippen LogP) is 0.793. The van der Waals surface area contributed by atoms with Gasteiger partial charge < -0.3 is 10.6 Å². The molecule has 1 aromatic carbocycles. The molecule has 1 aromatic heterocycles. The van der Waals surface area contributed by atoms with Crippen molar-refractivity contribution in [3.63, 3.8) is 0 Å². The van der Waals surface area contributed by atoms with E-state index in [0.29, 0.717) is 19.7 Å². The SMILES string of the molecule is NC(=O)Cn1ncc2c1CN1CC2N(OCc2ccccc2)C1=O. The quantitative estimate of drug-likeness (QED) is 0.878. The van der Waals surface area contributed by atoms with Crippen LogP contribution in [0.15, 0.2) is 36.5 Å². The van der Waals surface area contributed by atoms with Gasteiger partial charge in [0.25, 0.3) is 0 Å². The second-order valence-corrected chi connectivity index (χ2v) is 5.93. The second-order valence-electron chi connectivity index (χ2n) is 5.93. The Balaban J connectivity index is 1.56. The van der Waals surface area contributed by atoms with Crippen molar-refractivity contribution >= 4 is 11.9 Å². The largest absolute Gasteiger partial charge is 0.368 e. The number of primary amides is 1. The van der Waals surface area contributed by atoms with Gasteiger partial charge in [0.15, 0.2) is 0 Å². The van der Waals surface area contributed by atoms with Crippen LogP contribution >= 0.6 is 0 Å². The van der Waals surface area contributed by atoms with Crippen LogP contribution in [-0.4, -0.2) is 38.2 Å². The van der Waals surface area contributed by atoms with E-state index < -0.39 is 5.91 Å². The molecule has 2 aromatic rings. The molecule has 3 heterocycles. The lowest BCUT2D eigenvalue weighted by Crippen LogP contribution is -2.31. The summed E-state index contributed by atoms with van der Waals surface area (Å²) in [6.07, 6.45) is 1.69. The van der Waals surface area contributed by atoms with E-state index >= 15 is 0 Å². The standard InChI is InChI=1S/C16H17N5O3/c17-15(22)9-20-13-7-19-8-14(12(13)6-18-20)21(16(19)23)24-10-11-4-2-1-3-5-11/h1-6,14H,7-10H2,(H2,17,22). The Hall–Kier alpha value is -2.87. The first-order chi connectivity index (χ1) is 11.6. The van der Waals surface area contributed by atoms with Crippen LogP contribution in [0.4, 0.5) is 4.79 Å².